The van der Waals surface area contributed by atoms with Crippen LogP contribution in [0.5, 0.6) is 0 Å². The van der Waals surface area contributed by atoms with E-state index in [1.54, 1.807) is 0 Å². The molecule has 37 heavy (non-hydrogen) atoms. The van der Waals surface area contributed by atoms with Gasteiger partial charge >= 0.3 is 37.9 Å². The monoisotopic (exact) mass is 636 g/mol. The van der Waals surface area contributed by atoms with Crippen LogP contribution in [0.2, 0.25) is 18.1 Å². The molecule has 2 radical (unpaired) electrons. The number of benzene rings is 4. The van der Waals surface area contributed by atoms with Gasteiger partial charge in [0.15, 0.2) is 0 Å². The normalized spacial score (nSPS) is 10.4. The van der Waals surface area contributed by atoms with Crippen molar-refractivity contribution in [3.63, 3.8) is 0 Å². The Morgan fingerprint density at radius 1 is 0.865 bits per heavy atom. The first-order valence-electron chi connectivity index (χ1n) is 12.1. The molecule has 5 aromatic rings. The zero-order valence-electron chi connectivity index (χ0n) is 21.3. The van der Waals surface area contributed by atoms with Gasteiger partial charge in [0.2, 0.25) is 0 Å². The second kappa shape index (κ2) is 15.8. The van der Waals surface area contributed by atoms with Crippen LogP contribution >= 0.6 is 28.6 Å². The molecule has 6 rings (SSSR count). The van der Waals surface area contributed by atoms with Crippen LogP contribution in [0.4, 0.5) is 0 Å². The summed E-state index contributed by atoms with van der Waals surface area (Å²) in [4.78, 5) is 0. The quantitative estimate of drug-likeness (QED) is 0.131. The molecule has 0 saturated heterocycles. The van der Waals surface area contributed by atoms with E-state index in [9.17, 15) is 0 Å². The Labute approximate surface area is 247 Å². The maximum absolute atomic E-state index is 5.94. The third-order valence-corrected chi connectivity index (χ3v) is 6.24. The minimum Gasteiger partial charge on any atom is -0.179 e. The Hall–Kier alpha value is -1.54. The van der Waals surface area contributed by atoms with Crippen molar-refractivity contribution in [1.29, 1.82) is 0 Å². The van der Waals surface area contributed by atoms with Crippen LogP contribution in [-0.2, 0) is 33.7 Å². The van der Waals surface area contributed by atoms with E-state index in [0.29, 0.717) is 0 Å². The van der Waals surface area contributed by atoms with Gasteiger partial charge < -0.3 is 0 Å². The molecule has 0 amide bonds. The van der Waals surface area contributed by atoms with E-state index < -0.39 is 20.8 Å². The van der Waals surface area contributed by atoms with Gasteiger partial charge in [0.05, 0.1) is 0 Å². The Kier molecular flexibility index (Phi) is 12.8. The van der Waals surface area contributed by atoms with Gasteiger partial charge in [-0.1, -0.05) is 90.8 Å². The van der Waals surface area contributed by atoms with Gasteiger partial charge in [0.1, 0.15) is 0 Å². The Bertz CT molecular complexity index is 1350. The molecular weight excluding hydrogens is 610 g/mol. The smallest absolute Gasteiger partial charge is 0.0253 e. The molecule has 0 aliphatic heterocycles. The third kappa shape index (κ3) is 8.22. The third-order valence-electron chi connectivity index (χ3n) is 5.99. The molecule has 0 heterocycles. The van der Waals surface area contributed by atoms with E-state index in [0.717, 1.165) is 27.4 Å². The Balaban J connectivity index is 0.000000175. The van der Waals surface area contributed by atoms with Crippen LogP contribution in [0.1, 0.15) is 23.6 Å². The van der Waals surface area contributed by atoms with Crippen LogP contribution in [0.25, 0.3) is 33.0 Å². The number of hydrogen-bond acceptors (Lipinski definition) is 0. The molecule has 5 aromatic carbocycles. The van der Waals surface area contributed by atoms with Crippen LogP contribution in [0.3, 0.4) is 0 Å². The minimum atomic E-state index is -0.826. The number of hydrogen-bond donors (Lipinski definition) is 0. The van der Waals surface area contributed by atoms with E-state index in [2.05, 4.69) is 105 Å². The molecule has 0 bridgehead atoms. The van der Waals surface area contributed by atoms with Crippen molar-refractivity contribution in [3.05, 3.63) is 125 Å². The largest absolute Gasteiger partial charge is 0.179 e. The maximum Gasteiger partial charge on any atom is -0.0253 e. The molecule has 0 aromatic heterocycles. The number of fused-ring (bicyclic) bond motifs is 4. The van der Waals surface area contributed by atoms with E-state index in [4.69, 9.17) is 28.6 Å². The summed E-state index contributed by atoms with van der Waals surface area (Å²) in [5, 5.41) is 3.43. The Morgan fingerprint density at radius 2 is 1.51 bits per heavy atom. The zero-order chi connectivity index (χ0) is 26.6. The molecule has 1 aliphatic rings. The van der Waals surface area contributed by atoms with E-state index in [1.807, 2.05) is 18.2 Å². The molecule has 0 spiro atoms. The second-order valence-electron chi connectivity index (χ2n) is 8.50. The summed E-state index contributed by atoms with van der Waals surface area (Å²) in [6.07, 6.45) is 2.13. The number of rotatable bonds is 2. The van der Waals surface area contributed by atoms with Gasteiger partial charge in [0, 0.05) is 14.5 Å². The van der Waals surface area contributed by atoms with Gasteiger partial charge in [-0.15, -0.1) is 40.1 Å². The van der Waals surface area contributed by atoms with E-state index in [-0.39, 0.29) is 0 Å². The fraction of sp³-hybridized carbons (Fsp3) is 0.156. The topological polar surface area (TPSA) is 0 Å². The van der Waals surface area contributed by atoms with Crippen molar-refractivity contribution in [3.8, 4) is 22.3 Å². The summed E-state index contributed by atoms with van der Waals surface area (Å²) in [6.45, 7) is 6.50. The first kappa shape index (κ1) is 30.0. The van der Waals surface area contributed by atoms with Crippen LogP contribution < -0.4 is 0 Å². The van der Waals surface area contributed by atoms with Crippen molar-refractivity contribution in [2.45, 2.75) is 32.9 Å². The summed E-state index contributed by atoms with van der Waals surface area (Å²) in [5.74, 6) is 0. The van der Waals surface area contributed by atoms with Crippen LogP contribution in [0.15, 0.2) is 97.1 Å². The summed E-state index contributed by atoms with van der Waals surface area (Å²) in [7, 11) is 11.0. The van der Waals surface area contributed by atoms with Crippen molar-refractivity contribution in [2.24, 2.45) is 0 Å². The molecule has 186 valence electrons. The maximum atomic E-state index is 5.94. The summed E-state index contributed by atoms with van der Waals surface area (Å²) >= 11 is 5.12. The van der Waals surface area contributed by atoms with Gasteiger partial charge in [0.25, 0.3) is 0 Å². The molecule has 0 fully saturated rings. The van der Waals surface area contributed by atoms with Crippen molar-refractivity contribution >= 4 is 48.9 Å². The predicted molar refractivity (Wildman–Crippen MR) is 162 cm³/mol. The molecule has 0 saturated carbocycles. The predicted octanol–water partition coefficient (Wildman–Crippen LogP) is 10.7. The number of aryl methyl sites for hydroxylation is 1. The SMILES string of the molecule is CCc1cc2c(-c3ccc(Cl)cc3)cccc2[cH-]1.C[Si]C.[Cl][Zr+2][Cl].[c-]1cccc2c1Cc1ccccc1-2. The van der Waals surface area contributed by atoms with E-state index in [1.165, 1.54) is 49.7 Å². The van der Waals surface area contributed by atoms with Gasteiger partial charge in [-0.05, 0) is 30.5 Å². The molecule has 0 unspecified atom stereocenters. The van der Waals surface area contributed by atoms with Gasteiger partial charge in [-0.3, -0.25) is 0 Å². The van der Waals surface area contributed by atoms with Crippen molar-refractivity contribution in [1.82, 2.24) is 0 Å². The first-order valence-corrected chi connectivity index (χ1v) is 20.8. The number of halogens is 3. The molecule has 0 N–H and O–H groups in total. The summed E-state index contributed by atoms with van der Waals surface area (Å²) in [5.41, 5.74) is 9.41. The molecule has 5 heteroatoms. The van der Waals surface area contributed by atoms with Gasteiger partial charge in [-0.25, -0.2) is 0 Å². The molecular formula is C32H29Cl3SiZr. The van der Waals surface area contributed by atoms with Crippen molar-refractivity contribution in [2.75, 3.05) is 0 Å². The second-order valence-corrected chi connectivity index (χ2v) is 13.7. The van der Waals surface area contributed by atoms with Gasteiger partial charge in [-0.2, -0.15) is 35.9 Å². The van der Waals surface area contributed by atoms with Crippen LogP contribution in [-0.4, -0.2) is 9.52 Å². The standard InChI is InChI=1S/C17H14Cl.C13H9.C2H6Si.2ClH.Zr/c1-2-12-10-14-4-3-5-16(17(14)11-12)13-6-8-15(18)9-7-13;1-3-7-12-10(5-1)9-11-6-2-4-8-13(11)12;1-3-2;;;/h3-11H,2H2,1H3;1-5,7-8H,9H2;1-2H3;2*1H;/q2*-1;;;;+4/p-2. The molecule has 0 nitrogen and oxygen atoms in total. The zero-order valence-corrected chi connectivity index (χ0v) is 27.0. The fourth-order valence-corrected chi connectivity index (χ4v) is 4.51. The molecule has 0 atom stereocenters. The fourth-order valence-electron chi connectivity index (χ4n) is 4.38. The first-order chi connectivity index (χ1) is 18.1. The van der Waals surface area contributed by atoms with E-state index >= 15 is 0 Å². The average molecular weight is 639 g/mol. The van der Waals surface area contributed by atoms with Crippen molar-refractivity contribution < 1.29 is 20.8 Å². The molecule has 1 aliphatic carbocycles. The Morgan fingerprint density at radius 3 is 2.22 bits per heavy atom. The summed E-state index contributed by atoms with van der Waals surface area (Å²) < 4.78 is 0. The average Bonchev–Trinajstić information content (AvgIpc) is 3.52. The van der Waals surface area contributed by atoms with Crippen LogP contribution in [0, 0.1) is 6.07 Å². The summed E-state index contributed by atoms with van der Waals surface area (Å²) in [6, 6.07) is 37.2. The minimum absolute atomic E-state index is 0.780.